The molecule has 0 aromatic heterocycles. The number of carbonyl (C=O) groups excluding carboxylic acids is 2. The summed E-state index contributed by atoms with van der Waals surface area (Å²) < 4.78 is 266. The molecule has 2 amide bonds. The smallest absolute Gasteiger partial charge is 0.220 e. The van der Waals surface area contributed by atoms with Crippen LogP contribution >= 0.6 is 21.6 Å². The standard InChI is InChI=1S/C22H44N2O2S2/c1-3-5-7-9-11-13-17-23-21(25)15-19-27-28-20-16-22(26)24-18-14-12-10-8-6-4-2/h3-20H2,1-2H3,(H,23,25)(H,24,26)/i1D3,2D3,3D2,4D2,5D2,6D2,7D2,8D2,9D2,10D2,11D2,12D2,13D2,14D2,17D2,18D2. The Bertz CT molecular complexity index is 1480. The molecule has 6 heteroatoms. The Morgan fingerprint density at radius 3 is 1.50 bits per heavy atom. The van der Waals surface area contributed by atoms with E-state index in [1.807, 2.05) is 0 Å². The van der Waals surface area contributed by atoms with Crippen molar-refractivity contribution in [3.05, 3.63) is 0 Å². The van der Waals surface area contributed by atoms with Crippen molar-refractivity contribution < 1.29 is 56.2 Å². The molecule has 2 N–H and O–H groups in total. The van der Waals surface area contributed by atoms with Crippen LogP contribution in [0.4, 0.5) is 0 Å². The fourth-order valence-electron chi connectivity index (χ4n) is 1.03. The van der Waals surface area contributed by atoms with Crippen LogP contribution in [0.5, 0.6) is 0 Å². The van der Waals surface area contributed by atoms with Gasteiger partial charge in [0, 0.05) is 83.9 Å². The van der Waals surface area contributed by atoms with Crippen molar-refractivity contribution in [2.24, 2.45) is 0 Å². The van der Waals surface area contributed by atoms with E-state index in [1.54, 1.807) is 0 Å². The second kappa shape index (κ2) is 22.9. The van der Waals surface area contributed by atoms with Crippen molar-refractivity contribution in [3.8, 4) is 0 Å². The predicted octanol–water partition coefficient (Wildman–Crippen LogP) is 6.10. The molecule has 0 spiro atoms. The van der Waals surface area contributed by atoms with Gasteiger partial charge in [0.25, 0.3) is 0 Å². The van der Waals surface area contributed by atoms with Gasteiger partial charge in [-0.15, -0.1) is 0 Å². The molecule has 0 aliphatic carbocycles. The molecular formula is C22H44N2O2S2. The molecule has 0 aliphatic heterocycles. The van der Waals surface area contributed by atoms with E-state index in [4.69, 9.17) is 46.6 Å². The van der Waals surface area contributed by atoms with E-state index in [2.05, 4.69) is 0 Å². The topological polar surface area (TPSA) is 58.2 Å². The van der Waals surface area contributed by atoms with Crippen molar-refractivity contribution in [3.63, 3.8) is 0 Å². The lowest BCUT2D eigenvalue weighted by Gasteiger charge is -2.06. The van der Waals surface area contributed by atoms with Gasteiger partial charge >= 0.3 is 0 Å². The van der Waals surface area contributed by atoms with Crippen molar-refractivity contribution in [2.75, 3.05) is 24.5 Å². The number of nitrogens with one attached hydrogen (secondary N) is 2. The molecule has 0 saturated heterocycles. The SMILES string of the molecule is [2H]C([2H])([2H])C([2H])([2H])C([2H])([2H])C([2H])([2H])C([2H])([2H])C([2H])([2H])C([2H])([2H])C([2H])([2H])NC(=O)CCSSCCC(=O)NC([2H])([2H])C([2H])([2H])C([2H])([2H])C([2H])([2H])C([2H])([2H])C([2H])([2H])C([2H])([2H])C([2H])([2H])[2H]. The summed E-state index contributed by atoms with van der Waals surface area (Å²) in [6.45, 7) is -15.8. The van der Waals surface area contributed by atoms with Crippen molar-refractivity contribution in [1.29, 1.82) is 0 Å². The molecule has 0 aromatic carbocycles. The Kier molecular flexibility index (Phi) is 4.37. The minimum Gasteiger partial charge on any atom is -0.356 e. The molecule has 0 bridgehead atoms. The van der Waals surface area contributed by atoms with Gasteiger partial charge < -0.3 is 10.6 Å². The van der Waals surface area contributed by atoms with Gasteiger partial charge in [-0.2, -0.15) is 0 Å². The van der Waals surface area contributed by atoms with E-state index in [-0.39, 0.29) is 11.5 Å². The molecule has 0 unspecified atom stereocenters. The first-order chi connectivity index (χ1) is 26.5. The average molecular weight is 467 g/mol. The van der Waals surface area contributed by atoms with E-state index in [0.29, 0.717) is 0 Å². The maximum atomic E-state index is 12.5. The highest BCUT2D eigenvalue weighted by Gasteiger charge is 2.03. The predicted molar refractivity (Wildman–Crippen MR) is 127 cm³/mol. The third-order valence-electron chi connectivity index (χ3n) is 2.06. The van der Waals surface area contributed by atoms with Gasteiger partial charge in [0.15, 0.2) is 0 Å². The minimum absolute atomic E-state index is 0.314. The summed E-state index contributed by atoms with van der Waals surface area (Å²) in [7, 11) is 1.49. The first-order valence-corrected chi connectivity index (χ1v) is 9.85. The number of hydrogen-bond acceptors (Lipinski definition) is 4. The lowest BCUT2D eigenvalue weighted by atomic mass is 10.1. The number of carbonyl (C=O) groups is 2. The van der Waals surface area contributed by atoms with Crippen LogP contribution in [0.15, 0.2) is 0 Å². The highest BCUT2D eigenvalue weighted by Crippen LogP contribution is 2.22. The summed E-state index contributed by atoms with van der Waals surface area (Å²) in [4.78, 5) is 25.1. The van der Waals surface area contributed by atoms with Crippen molar-refractivity contribution in [1.82, 2.24) is 10.6 Å². The third-order valence-corrected chi connectivity index (χ3v) is 4.47. The highest BCUT2D eigenvalue weighted by atomic mass is 33.1. The molecule has 4 nitrogen and oxygen atoms in total. The molecule has 0 radical (unpaired) electrons. The van der Waals surface area contributed by atoms with E-state index < -0.39 is 128 Å². The fourth-order valence-corrected chi connectivity index (χ4v) is 3.01. The van der Waals surface area contributed by atoms with Gasteiger partial charge in [-0.25, -0.2) is 0 Å². The molecule has 0 fully saturated rings. The molecule has 0 saturated carbocycles. The molecular weight excluding hydrogens is 388 g/mol. The Balaban J connectivity index is 5.79. The second-order valence-corrected chi connectivity index (χ2v) is 6.69. The maximum Gasteiger partial charge on any atom is 0.220 e. The average Bonchev–Trinajstić information content (AvgIpc) is 3.03. The Morgan fingerprint density at radius 1 is 0.679 bits per heavy atom. The summed E-state index contributed by atoms with van der Waals surface area (Å²) in [6, 6.07) is 0. The summed E-state index contributed by atoms with van der Waals surface area (Å²) in [5.74, 6) is -3.39. The highest BCUT2D eigenvalue weighted by molar-refractivity contribution is 8.76. The first kappa shape index (κ1) is 5.33. The van der Waals surface area contributed by atoms with Crippen LogP contribution in [0.1, 0.15) is 150 Å². The van der Waals surface area contributed by atoms with Crippen LogP contribution in [0.25, 0.3) is 0 Å². The summed E-state index contributed by atoms with van der Waals surface area (Å²) >= 11 is 0. The number of rotatable bonds is 21. The Hall–Kier alpha value is -0.360. The molecule has 0 rings (SSSR count). The van der Waals surface area contributed by atoms with E-state index in [0.717, 1.165) is 21.6 Å². The summed E-state index contributed by atoms with van der Waals surface area (Å²) in [6.07, 6.45) is -54.5. The molecule has 0 heterocycles. The fraction of sp³-hybridized carbons (Fsp3) is 0.909. The van der Waals surface area contributed by atoms with Gasteiger partial charge in [-0.1, -0.05) is 99.0 Å². The molecule has 28 heavy (non-hydrogen) atoms. The van der Waals surface area contributed by atoms with Gasteiger partial charge in [-0.3, -0.25) is 9.59 Å². The minimum atomic E-state index is -4.56. The van der Waals surface area contributed by atoms with Gasteiger partial charge in [-0.05, 0) is 12.7 Å². The Labute approximate surface area is 229 Å². The number of hydrogen-bond donors (Lipinski definition) is 2. The molecule has 0 aliphatic rings. The van der Waals surface area contributed by atoms with E-state index >= 15 is 0 Å². The zero-order valence-electron chi connectivity index (χ0n) is 48.5. The van der Waals surface area contributed by atoms with E-state index in [1.165, 1.54) is 10.6 Å². The monoisotopic (exact) mass is 466 g/mol. The van der Waals surface area contributed by atoms with Crippen molar-refractivity contribution in [2.45, 2.75) is 103 Å². The maximum absolute atomic E-state index is 12.5. The van der Waals surface area contributed by atoms with Crippen LogP contribution < -0.4 is 10.6 Å². The largest absolute Gasteiger partial charge is 0.356 e. The zero-order chi connectivity index (χ0) is 50.8. The zero-order valence-corrected chi connectivity index (χ0v) is 16.1. The van der Waals surface area contributed by atoms with Crippen LogP contribution in [0.3, 0.4) is 0 Å². The van der Waals surface area contributed by atoms with Crippen molar-refractivity contribution >= 4 is 33.4 Å². The van der Waals surface area contributed by atoms with Crippen LogP contribution in [-0.2, 0) is 9.59 Å². The molecule has 0 atom stereocenters. The first-order valence-electron chi connectivity index (χ1n) is 24.4. The summed E-state index contributed by atoms with van der Waals surface area (Å²) in [5, 5.41) is 2.89. The Morgan fingerprint density at radius 2 is 1.07 bits per heavy atom. The van der Waals surface area contributed by atoms with Crippen LogP contribution in [-0.4, -0.2) is 36.3 Å². The molecule has 166 valence electrons. The quantitative estimate of drug-likeness (QED) is 0.158. The molecule has 0 aromatic rings. The summed E-state index contributed by atoms with van der Waals surface area (Å²) in [5.41, 5.74) is 0. The van der Waals surface area contributed by atoms with Crippen LogP contribution in [0, 0.1) is 0 Å². The second-order valence-electron chi connectivity index (χ2n) is 3.99. The lowest BCUT2D eigenvalue weighted by Crippen LogP contribution is -2.24. The van der Waals surface area contributed by atoms with E-state index in [9.17, 15) is 9.59 Å². The lowest BCUT2D eigenvalue weighted by molar-refractivity contribution is -0.121. The van der Waals surface area contributed by atoms with Gasteiger partial charge in [0.2, 0.25) is 11.8 Å². The normalized spacial score (nSPS) is 36.9. The van der Waals surface area contributed by atoms with Crippen LogP contribution in [0.2, 0.25) is 0 Å². The van der Waals surface area contributed by atoms with Gasteiger partial charge in [0.05, 0.1) is 0 Å². The van der Waals surface area contributed by atoms with Gasteiger partial charge in [0.1, 0.15) is 0 Å². The number of amides is 2. The third kappa shape index (κ3) is 21.9.